The highest BCUT2D eigenvalue weighted by molar-refractivity contribution is 7.03. The van der Waals surface area contributed by atoms with Gasteiger partial charge in [0.15, 0.2) is 0 Å². The quantitative estimate of drug-likeness (QED) is 0.106. The van der Waals surface area contributed by atoms with Crippen molar-refractivity contribution in [2.45, 2.75) is 119 Å². The third-order valence-electron chi connectivity index (χ3n) is 15.5. The predicted molar refractivity (Wildman–Crippen MR) is 265 cm³/mol. The van der Waals surface area contributed by atoms with Crippen molar-refractivity contribution in [1.82, 2.24) is 0 Å². The summed E-state index contributed by atoms with van der Waals surface area (Å²) < 4.78 is 0. The molecule has 60 heavy (non-hydrogen) atoms. The van der Waals surface area contributed by atoms with Gasteiger partial charge in [-0.3, -0.25) is 0 Å². The molecule has 4 aliphatic heterocycles. The zero-order valence-corrected chi connectivity index (χ0v) is 38.2. The van der Waals surface area contributed by atoms with Gasteiger partial charge in [-0.25, -0.2) is 0 Å². The minimum absolute atomic E-state index is 0.0197. The number of hydrogen-bond donors (Lipinski definition) is 0. The molecule has 0 saturated carbocycles. The van der Waals surface area contributed by atoms with Crippen LogP contribution < -0.4 is 32.8 Å². The molecule has 0 unspecified atom stereocenters. The molecular weight excluding hydrogens is 718 g/mol. The third-order valence-corrected chi connectivity index (χ3v) is 15.5. The Bertz CT molecular complexity index is 3080. The van der Waals surface area contributed by atoms with Gasteiger partial charge < -0.3 is 0 Å². The molecule has 8 aromatic carbocycles. The Morgan fingerprint density at radius 1 is 0.300 bits per heavy atom. The van der Waals surface area contributed by atoms with Crippen LogP contribution in [0.25, 0.3) is 76.8 Å². The molecule has 0 spiro atoms. The average molecular weight is 775 g/mol. The van der Waals surface area contributed by atoms with E-state index in [1.807, 2.05) is 0 Å². The van der Waals surface area contributed by atoms with Crippen LogP contribution in [0.3, 0.4) is 0 Å². The Labute approximate surface area is 358 Å². The normalized spacial score (nSPS) is 14.8. The number of benzene rings is 8. The van der Waals surface area contributed by atoms with Crippen LogP contribution in [-0.4, -0.2) is 13.4 Å². The first-order valence-corrected chi connectivity index (χ1v) is 22.6. The maximum Gasteiger partial charge on any atom is 0.244 e. The highest BCUT2D eigenvalue weighted by Gasteiger charge is 2.45. The van der Waals surface area contributed by atoms with Crippen LogP contribution in [0, 0.1) is 13.8 Å². The summed E-state index contributed by atoms with van der Waals surface area (Å²) >= 11 is 0. The minimum Gasteiger partial charge on any atom is -0.0661 e. The predicted octanol–water partition coefficient (Wildman–Crippen LogP) is 11.3. The fourth-order valence-corrected chi connectivity index (χ4v) is 12.2. The maximum absolute atomic E-state index is 2.66. The second-order valence-electron chi connectivity index (χ2n) is 23.4. The third kappa shape index (κ3) is 4.56. The van der Waals surface area contributed by atoms with Crippen molar-refractivity contribution in [1.29, 1.82) is 0 Å². The van der Waals surface area contributed by atoms with Crippen molar-refractivity contribution >= 4 is 78.5 Å². The van der Waals surface area contributed by atoms with Crippen LogP contribution in [0.5, 0.6) is 0 Å². The van der Waals surface area contributed by atoms with Gasteiger partial charge in [0.05, 0.1) is 0 Å². The average Bonchev–Trinajstić information content (AvgIpc) is 3.68. The van der Waals surface area contributed by atoms with Crippen molar-refractivity contribution < 1.29 is 0 Å². The van der Waals surface area contributed by atoms with Crippen LogP contribution in [0.15, 0.2) is 84.9 Å². The van der Waals surface area contributed by atoms with E-state index in [9.17, 15) is 0 Å². The molecular formula is C58H56B2. The summed E-state index contributed by atoms with van der Waals surface area (Å²) in [7, 11) is 0. The summed E-state index contributed by atoms with van der Waals surface area (Å²) in [5.74, 6) is 0. The van der Waals surface area contributed by atoms with E-state index in [4.69, 9.17) is 0 Å². The van der Waals surface area contributed by atoms with Crippen molar-refractivity contribution in [2.24, 2.45) is 0 Å². The molecule has 0 amide bonds. The van der Waals surface area contributed by atoms with E-state index >= 15 is 0 Å². The zero-order valence-electron chi connectivity index (χ0n) is 38.2. The maximum atomic E-state index is 2.66. The molecule has 0 atom stereocenters. The SMILES string of the molecule is Cc1cc2c3c(cc4c(C)cc5c6c(cc1c3c46)B1c3ccc(C(C)(C)C)cc3-c3cc(C(C)(C)C)cc-5c31)B1c3ccc(C(C)(C)C)cc3-c3cc(C(C)(C)C)cc-2c31. The highest BCUT2D eigenvalue weighted by Crippen LogP contribution is 2.49. The van der Waals surface area contributed by atoms with E-state index in [0.29, 0.717) is 0 Å². The van der Waals surface area contributed by atoms with Gasteiger partial charge in [0.2, 0.25) is 13.4 Å². The molecule has 0 nitrogen and oxygen atoms in total. The lowest BCUT2D eigenvalue weighted by Gasteiger charge is -2.33. The topological polar surface area (TPSA) is 0 Å². The Morgan fingerprint density at radius 3 is 0.950 bits per heavy atom. The largest absolute Gasteiger partial charge is 0.244 e. The minimum atomic E-state index is 0.0197. The van der Waals surface area contributed by atoms with E-state index in [1.54, 1.807) is 0 Å². The van der Waals surface area contributed by atoms with Gasteiger partial charge in [-0.2, -0.15) is 0 Å². The first kappa shape index (κ1) is 36.8. The molecule has 8 aromatic rings. The molecule has 0 radical (unpaired) electrons. The zero-order chi connectivity index (χ0) is 42.1. The molecule has 4 heterocycles. The molecule has 0 aromatic heterocycles. The summed E-state index contributed by atoms with van der Waals surface area (Å²) in [6.07, 6.45) is 0. The fraction of sp³-hybridized carbons (Fsp3) is 0.310. The smallest absolute Gasteiger partial charge is 0.0661 e. The van der Waals surface area contributed by atoms with E-state index < -0.39 is 0 Å². The van der Waals surface area contributed by atoms with Crippen LogP contribution >= 0.6 is 0 Å². The summed E-state index contributed by atoms with van der Waals surface area (Å²) in [4.78, 5) is 0. The molecule has 294 valence electrons. The lowest BCUT2D eigenvalue weighted by Crippen LogP contribution is -2.53. The van der Waals surface area contributed by atoms with Crippen LogP contribution in [0.2, 0.25) is 0 Å². The van der Waals surface area contributed by atoms with E-state index in [0.717, 1.165) is 0 Å². The molecule has 0 saturated heterocycles. The lowest BCUT2D eigenvalue weighted by atomic mass is 9.34. The van der Waals surface area contributed by atoms with Gasteiger partial charge in [0.1, 0.15) is 0 Å². The van der Waals surface area contributed by atoms with Gasteiger partial charge in [-0.05, 0) is 146 Å². The molecule has 2 heteroatoms. The number of hydrogen-bond acceptors (Lipinski definition) is 0. The highest BCUT2D eigenvalue weighted by atomic mass is 14.4. The standard InChI is InChI=1S/C58H56B2/c1-29-19-39-43-25-33(57(9,10)11)23-41-37-21-32(56(6,7)8)16-18-46(37)60(53(41)43)48-28-36-30(2)20-40-44-26-34(58(12,13)14)24-42-38-22-31(55(3,4)5)15-17-45(38)59(54(42)44)47-27-35(29)51(49(39)48)52(36)50(40)47/h15-28H,1-14H3. The van der Waals surface area contributed by atoms with E-state index in [1.165, 1.54) is 143 Å². The second-order valence-corrected chi connectivity index (χ2v) is 23.4. The molecule has 0 fully saturated rings. The molecule has 0 bridgehead atoms. The first-order valence-electron chi connectivity index (χ1n) is 22.6. The van der Waals surface area contributed by atoms with Gasteiger partial charge in [0, 0.05) is 0 Å². The molecule has 4 aliphatic rings. The monoisotopic (exact) mass is 774 g/mol. The summed E-state index contributed by atoms with van der Waals surface area (Å²) in [6.45, 7) is 33.6. The van der Waals surface area contributed by atoms with Gasteiger partial charge in [-0.1, -0.05) is 201 Å². The van der Waals surface area contributed by atoms with Crippen molar-refractivity contribution in [3.63, 3.8) is 0 Å². The van der Waals surface area contributed by atoms with E-state index in [2.05, 4.69) is 182 Å². The molecule has 0 N–H and O–H groups in total. The number of aryl methyl sites for hydroxylation is 2. The summed E-state index contributed by atoms with van der Waals surface area (Å²) in [6, 6.07) is 35.6. The second kappa shape index (κ2) is 11.1. The Morgan fingerprint density at radius 2 is 0.617 bits per heavy atom. The first-order chi connectivity index (χ1) is 28.1. The van der Waals surface area contributed by atoms with Gasteiger partial charge in [-0.15, -0.1) is 0 Å². The summed E-state index contributed by atoms with van der Waals surface area (Å²) in [5.41, 5.74) is 29.0. The van der Waals surface area contributed by atoms with Crippen molar-refractivity contribution in [2.75, 3.05) is 0 Å². The van der Waals surface area contributed by atoms with Gasteiger partial charge >= 0.3 is 0 Å². The van der Waals surface area contributed by atoms with Crippen molar-refractivity contribution in [3.8, 4) is 44.5 Å². The Kier molecular flexibility index (Phi) is 6.77. The number of rotatable bonds is 0. The Hall–Kier alpha value is -5.07. The van der Waals surface area contributed by atoms with Crippen LogP contribution in [0.4, 0.5) is 0 Å². The van der Waals surface area contributed by atoms with Crippen molar-refractivity contribution in [3.05, 3.63) is 118 Å². The molecule has 0 aliphatic carbocycles. The van der Waals surface area contributed by atoms with Crippen LogP contribution in [0.1, 0.15) is 116 Å². The van der Waals surface area contributed by atoms with E-state index in [-0.39, 0.29) is 35.1 Å². The lowest BCUT2D eigenvalue weighted by molar-refractivity contribution is 0.590. The summed E-state index contributed by atoms with van der Waals surface area (Å²) in [5, 5.41) is 8.76. The Balaban J connectivity index is 1.24. The number of fused-ring (bicyclic) bond motifs is 10. The van der Waals surface area contributed by atoms with Gasteiger partial charge in [0.25, 0.3) is 0 Å². The molecule has 12 rings (SSSR count). The fourth-order valence-electron chi connectivity index (χ4n) is 12.2. The van der Waals surface area contributed by atoms with Crippen LogP contribution in [-0.2, 0) is 21.7 Å².